The second-order valence-corrected chi connectivity index (χ2v) is 3.77. The first-order valence-electron chi connectivity index (χ1n) is 4.03. The highest BCUT2D eigenvalue weighted by molar-refractivity contribution is 9.10. The first-order valence-corrected chi connectivity index (χ1v) is 4.82. The van der Waals surface area contributed by atoms with E-state index in [0.717, 1.165) is 0 Å². The molecule has 6 heteroatoms. The molecule has 0 aliphatic rings. The summed E-state index contributed by atoms with van der Waals surface area (Å²) in [6.07, 6.45) is -2.92. The van der Waals surface area contributed by atoms with E-state index in [1.807, 2.05) is 0 Å². The molecule has 0 aliphatic carbocycles. The molecule has 0 amide bonds. The molecule has 3 N–H and O–H groups in total. The highest BCUT2D eigenvalue weighted by Gasteiger charge is 2.16. The molecule has 2 nitrogen and oxygen atoms in total. The van der Waals surface area contributed by atoms with Crippen molar-refractivity contribution >= 4 is 28.3 Å². The first-order chi connectivity index (χ1) is 6.52. The number of para-hydroxylation sites is 1. The van der Waals surface area contributed by atoms with Gasteiger partial charge < -0.3 is 10.8 Å². The number of hydrogen-bond donors (Lipinski definition) is 2. The second-order valence-electron chi connectivity index (χ2n) is 2.91. The molecule has 0 saturated heterocycles. The minimum Gasteiger partial charge on any atom is -0.506 e. The van der Waals surface area contributed by atoms with E-state index in [1.54, 1.807) is 12.1 Å². The predicted molar refractivity (Wildman–Crippen MR) is 60.6 cm³/mol. The summed E-state index contributed by atoms with van der Waals surface area (Å²) in [6.45, 7) is 0. The van der Waals surface area contributed by atoms with Crippen LogP contribution >= 0.6 is 28.3 Å². The van der Waals surface area contributed by atoms with Crippen LogP contribution in [0.4, 0.5) is 8.78 Å². The molecule has 15 heavy (non-hydrogen) atoms. The average molecular weight is 303 g/mol. The van der Waals surface area contributed by atoms with E-state index in [2.05, 4.69) is 15.9 Å². The number of phenols is 1. The van der Waals surface area contributed by atoms with Gasteiger partial charge in [-0.1, -0.05) is 12.1 Å². The molecule has 0 bridgehead atoms. The summed E-state index contributed by atoms with van der Waals surface area (Å²) in [7, 11) is 0. The maximum absolute atomic E-state index is 12.0. The van der Waals surface area contributed by atoms with Gasteiger partial charge in [0.05, 0.1) is 4.47 Å². The van der Waals surface area contributed by atoms with Gasteiger partial charge in [0.2, 0.25) is 6.43 Å². The standard InChI is InChI=1S/C9H10BrF2NO.ClH/c10-6-3-1-2-5(9(6)14)7(13)4-8(11)12;/h1-3,7-8,14H,4,13H2;1H/t7-;/m1./s1. The lowest BCUT2D eigenvalue weighted by Gasteiger charge is -2.13. The lowest BCUT2D eigenvalue weighted by molar-refractivity contribution is 0.128. The van der Waals surface area contributed by atoms with E-state index in [9.17, 15) is 13.9 Å². The van der Waals surface area contributed by atoms with E-state index in [4.69, 9.17) is 5.73 Å². The smallest absolute Gasteiger partial charge is 0.240 e. The van der Waals surface area contributed by atoms with Crippen LogP contribution < -0.4 is 5.73 Å². The van der Waals surface area contributed by atoms with Gasteiger partial charge in [-0.25, -0.2) is 8.78 Å². The van der Waals surface area contributed by atoms with Crippen molar-refractivity contribution < 1.29 is 13.9 Å². The molecule has 1 rings (SSSR count). The summed E-state index contributed by atoms with van der Waals surface area (Å²) in [5.74, 6) is -0.0688. The number of aromatic hydroxyl groups is 1. The monoisotopic (exact) mass is 301 g/mol. The Balaban J connectivity index is 0.00000196. The van der Waals surface area contributed by atoms with Gasteiger partial charge in [0, 0.05) is 18.0 Å². The molecule has 1 aromatic carbocycles. The van der Waals surface area contributed by atoms with Crippen LogP contribution in [0.5, 0.6) is 5.75 Å². The van der Waals surface area contributed by atoms with E-state index >= 15 is 0 Å². The van der Waals surface area contributed by atoms with Crippen molar-refractivity contribution in [2.45, 2.75) is 18.9 Å². The zero-order chi connectivity index (χ0) is 10.7. The normalized spacial score (nSPS) is 12.3. The zero-order valence-electron chi connectivity index (χ0n) is 7.66. The maximum atomic E-state index is 12.0. The van der Waals surface area contributed by atoms with Gasteiger partial charge in [0.1, 0.15) is 5.75 Å². The van der Waals surface area contributed by atoms with E-state index in [1.165, 1.54) is 6.07 Å². The number of alkyl halides is 2. The fraction of sp³-hybridized carbons (Fsp3) is 0.333. The predicted octanol–water partition coefficient (Wildman–Crippen LogP) is 3.23. The first kappa shape index (κ1) is 14.6. The highest BCUT2D eigenvalue weighted by atomic mass is 79.9. The minimum atomic E-state index is -2.47. The molecule has 86 valence electrons. The SMILES string of the molecule is Cl.N[C@H](CC(F)F)c1cccc(Br)c1O. The van der Waals surface area contributed by atoms with Crippen LogP contribution in [0.25, 0.3) is 0 Å². The summed E-state index contributed by atoms with van der Waals surface area (Å²) in [5.41, 5.74) is 5.84. The Labute approximate surface area is 101 Å². The Morgan fingerprint density at radius 2 is 2.00 bits per heavy atom. The van der Waals surface area contributed by atoms with Crippen molar-refractivity contribution in [3.63, 3.8) is 0 Å². The van der Waals surface area contributed by atoms with Crippen LogP contribution in [0.15, 0.2) is 22.7 Å². The molecule has 1 aromatic rings. The van der Waals surface area contributed by atoms with Gasteiger partial charge in [-0.05, 0) is 22.0 Å². The topological polar surface area (TPSA) is 46.2 Å². The molecular formula is C9H11BrClF2NO. The van der Waals surface area contributed by atoms with E-state index in [-0.39, 0.29) is 18.2 Å². The van der Waals surface area contributed by atoms with Gasteiger partial charge in [0.15, 0.2) is 0 Å². The molecule has 0 fully saturated rings. The molecular weight excluding hydrogens is 291 g/mol. The minimum absolute atomic E-state index is 0. The largest absolute Gasteiger partial charge is 0.506 e. The third-order valence-corrected chi connectivity index (χ3v) is 2.49. The van der Waals surface area contributed by atoms with Crippen molar-refractivity contribution in [3.05, 3.63) is 28.2 Å². The zero-order valence-corrected chi connectivity index (χ0v) is 10.1. The average Bonchev–Trinajstić information content (AvgIpc) is 2.08. The van der Waals surface area contributed by atoms with Gasteiger partial charge in [-0.2, -0.15) is 0 Å². The van der Waals surface area contributed by atoms with Gasteiger partial charge in [0.25, 0.3) is 0 Å². The fourth-order valence-electron chi connectivity index (χ4n) is 1.15. The van der Waals surface area contributed by atoms with Crippen LogP contribution in [0.1, 0.15) is 18.0 Å². The van der Waals surface area contributed by atoms with Crippen LogP contribution in [0, 0.1) is 0 Å². The van der Waals surface area contributed by atoms with Gasteiger partial charge in [-0.3, -0.25) is 0 Å². The Bertz CT molecular complexity index is 325. The van der Waals surface area contributed by atoms with Crippen molar-refractivity contribution in [1.29, 1.82) is 0 Å². The van der Waals surface area contributed by atoms with Gasteiger partial charge in [-0.15, -0.1) is 12.4 Å². The number of nitrogens with two attached hydrogens (primary N) is 1. The number of halogens is 4. The quantitative estimate of drug-likeness (QED) is 0.900. The van der Waals surface area contributed by atoms with Crippen LogP contribution in [-0.4, -0.2) is 11.5 Å². The van der Waals surface area contributed by atoms with Crippen molar-refractivity contribution in [3.8, 4) is 5.75 Å². The Morgan fingerprint density at radius 1 is 1.40 bits per heavy atom. The number of benzene rings is 1. The van der Waals surface area contributed by atoms with Crippen LogP contribution in [-0.2, 0) is 0 Å². The van der Waals surface area contributed by atoms with Crippen molar-refractivity contribution in [2.75, 3.05) is 0 Å². The Morgan fingerprint density at radius 3 is 2.53 bits per heavy atom. The molecule has 1 atom stereocenters. The highest BCUT2D eigenvalue weighted by Crippen LogP contribution is 2.32. The van der Waals surface area contributed by atoms with Gasteiger partial charge >= 0.3 is 0 Å². The fourth-order valence-corrected chi connectivity index (χ4v) is 1.53. The summed E-state index contributed by atoms with van der Waals surface area (Å²) in [6, 6.07) is 3.96. The van der Waals surface area contributed by atoms with E-state index < -0.39 is 18.9 Å². The molecule has 0 saturated carbocycles. The Hall–Kier alpha value is -0.390. The maximum Gasteiger partial charge on any atom is 0.240 e. The number of phenolic OH excluding ortho intramolecular Hbond substituents is 1. The second kappa shape index (κ2) is 6.25. The summed E-state index contributed by atoms with van der Waals surface area (Å²) in [5, 5.41) is 9.51. The van der Waals surface area contributed by atoms with Crippen molar-refractivity contribution in [2.24, 2.45) is 5.73 Å². The van der Waals surface area contributed by atoms with Crippen LogP contribution in [0.3, 0.4) is 0 Å². The van der Waals surface area contributed by atoms with Crippen molar-refractivity contribution in [1.82, 2.24) is 0 Å². The Kier molecular flexibility index (Phi) is 6.09. The molecule has 0 aromatic heterocycles. The molecule has 0 spiro atoms. The summed E-state index contributed by atoms with van der Waals surface area (Å²) < 4.78 is 24.5. The third-order valence-electron chi connectivity index (χ3n) is 1.85. The molecule has 0 heterocycles. The lowest BCUT2D eigenvalue weighted by atomic mass is 10.0. The van der Waals surface area contributed by atoms with E-state index in [0.29, 0.717) is 10.0 Å². The van der Waals surface area contributed by atoms with Crippen LogP contribution in [0.2, 0.25) is 0 Å². The molecule has 0 unspecified atom stereocenters. The third kappa shape index (κ3) is 3.93. The number of hydrogen-bond acceptors (Lipinski definition) is 2. The molecule has 0 radical (unpaired) electrons. The summed E-state index contributed by atoms with van der Waals surface area (Å²) in [4.78, 5) is 0. The number of rotatable bonds is 3. The summed E-state index contributed by atoms with van der Waals surface area (Å²) >= 11 is 3.09. The lowest BCUT2D eigenvalue weighted by Crippen LogP contribution is -2.14. The molecule has 0 aliphatic heterocycles.